The van der Waals surface area contributed by atoms with Crippen molar-refractivity contribution >= 4 is 33.2 Å². The van der Waals surface area contributed by atoms with Crippen LogP contribution in [0.15, 0.2) is 9.98 Å². The van der Waals surface area contributed by atoms with Crippen LogP contribution in [0.1, 0.15) is 18.0 Å². The van der Waals surface area contributed by atoms with Crippen molar-refractivity contribution in [2.24, 2.45) is 0 Å². The number of amides is 1. The van der Waals surface area contributed by atoms with Crippen molar-refractivity contribution in [1.29, 1.82) is 0 Å². The number of nitrogens with one attached hydrogen (secondary N) is 1. The molecule has 1 heterocycles. The molecule has 0 aliphatic carbocycles. The number of halogens is 1. The molecule has 1 unspecified atom stereocenters. The predicted molar refractivity (Wildman–Crippen MR) is 64.9 cm³/mol. The first-order valence-corrected chi connectivity index (χ1v) is 6.16. The highest BCUT2D eigenvalue weighted by atomic mass is 79.9. The zero-order valence-corrected chi connectivity index (χ0v) is 11.4. The molecule has 4 nitrogen and oxygen atoms in total. The fraction of sp³-hybridized carbons (Fsp3) is 0.556. The van der Waals surface area contributed by atoms with Gasteiger partial charge in [-0.15, -0.1) is 11.3 Å². The van der Waals surface area contributed by atoms with E-state index in [0.717, 1.165) is 8.79 Å². The number of carbonyl (C=O) groups is 1. The minimum absolute atomic E-state index is 0.0671. The van der Waals surface area contributed by atoms with Gasteiger partial charge in [-0.1, -0.05) is 0 Å². The van der Waals surface area contributed by atoms with Gasteiger partial charge in [0.25, 0.3) is 0 Å². The van der Waals surface area contributed by atoms with Gasteiger partial charge < -0.3 is 4.90 Å². The predicted octanol–water partition coefficient (Wildman–Crippen LogP) is 1.64. The Morgan fingerprint density at radius 1 is 1.73 bits per heavy atom. The molecule has 0 aliphatic rings. The van der Waals surface area contributed by atoms with Gasteiger partial charge in [0, 0.05) is 14.1 Å². The first kappa shape index (κ1) is 12.6. The lowest BCUT2D eigenvalue weighted by atomic mass is 10.3. The second-order valence-corrected chi connectivity index (χ2v) is 5.83. The van der Waals surface area contributed by atoms with Crippen LogP contribution < -0.4 is 5.32 Å². The van der Waals surface area contributed by atoms with Gasteiger partial charge in [-0.05, 0) is 22.9 Å². The van der Waals surface area contributed by atoms with Gasteiger partial charge in [0.2, 0.25) is 5.91 Å². The Labute approximate surface area is 102 Å². The first-order valence-electron chi connectivity index (χ1n) is 4.55. The van der Waals surface area contributed by atoms with E-state index >= 15 is 0 Å². The first-order chi connectivity index (χ1) is 7.00. The highest BCUT2D eigenvalue weighted by Gasteiger charge is 2.11. The van der Waals surface area contributed by atoms with Gasteiger partial charge in [0.1, 0.15) is 5.01 Å². The molecule has 6 heteroatoms. The molecular weight excluding hydrogens is 278 g/mol. The Morgan fingerprint density at radius 2 is 2.40 bits per heavy atom. The molecule has 0 spiro atoms. The van der Waals surface area contributed by atoms with Crippen LogP contribution in [-0.2, 0) is 4.79 Å². The van der Waals surface area contributed by atoms with E-state index in [1.807, 2.05) is 6.92 Å². The summed E-state index contributed by atoms with van der Waals surface area (Å²) < 4.78 is 1.00. The maximum Gasteiger partial charge on any atom is 0.236 e. The molecule has 0 bridgehead atoms. The van der Waals surface area contributed by atoms with E-state index in [-0.39, 0.29) is 11.9 Å². The Morgan fingerprint density at radius 3 is 2.87 bits per heavy atom. The highest BCUT2D eigenvalue weighted by molar-refractivity contribution is 9.11. The van der Waals surface area contributed by atoms with E-state index in [9.17, 15) is 4.79 Å². The Bertz CT molecular complexity index is 340. The maximum atomic E-state index is 11.3. The monoisotopic (exact) mass is 291 g/mol. The van der Waals surface area contributed by atoms with Crippen LogP contribution in [0.5, 0.6) is 0 Å². The van der Waals surface area contributed by atoms with Gasteiger partial charge in [-0.25, -0.2) is 4.98 Å². The number of hydrogen-bond acceptors (Lipinski definition) is 4. The average molecular weight is 292 g/mol. The van der Waals surface area contributed by atoms with Crippen LogP contribution in [0.3, 0.4) is 0 Å². The normalized spacial score (nSPS) is 12.5. The van der Waals surface area contributed by atoms with Crippen molar-refractivity contribution < 1.29 is 4.79 Å². The van der Waals surface area contributed by atoms with Gasteiger partial charge in [0.15, 0.2) is 0 Å². The van der Waals surface area contributed by atoms with Crippen LogP contribution >= 0.6 is 27.3 Å². The van der Waals surface area contributed by atoms with Crippen LogP contribution in [0.2, 0.25) is 0 Å². The van der Waals surface area contributed by atoms with Crippen molar-refractivity contribution in [2.75, 3.05) is 20.6 Å². The van der Waals surface area contributed by atoms with Crippen LogP contribution in [0.4, 0.5) is 0 Å². The van der Waals surface area contributed by atoms with Crippen molar-refractivity contribution in [3.8, 4) is 0 Å². The van der Waals surface area contributed by atoms with E-state index in [4.69, 9.17) is 0 Å². The summed E-state index contributed by atoms with van der Waals surface area (Å²) in [6.45, 7) is 2.33. The summed E-state index contributed by atoms with van der Waals surface area (Å²) in [6.07, 6.45) is 1.77. The van der Waals surface area contributed by atoms with Crippen molar-refractivity contribution in [1.82, 2.24) is 15.2 Å². The topological polar surface area (TPSA) is 45.2 Å². The quantitative estimate of drug-likeness (QED) is 0.917. The molecule has 1 rings (SSSR count). The Kier molecular flexibility index (Phi) is 4.69. The number of nitrogens with zero attached hydrogens (tertiary/aromatic N) is 2. The zero-order chi connectivity index (χ0) is 11.4. The molecule has 1 N–H and O–H groups in total. The molecule has 1 aromatic heterocycles. The van der Waals surface area contributed by atoms with E-state index in [1.165, 1.54) is 0 Å². The van der Waals surface area contributed by atoms with Gasteiger partial charge in [-0.3, -0.25) is 10.1 Å². The molecule has 0 fully saturated rings. The number of thiazole rings is 1. The number of carbonyl (C=O) groups excluding carboxylic acids is 1. The number of aromatic nitrogens is 1. The number of likely N-dealkylation sites (N-methyl/N-ethyl adjacent to an activating group) is 1. The average Bonchev–Trinajstić information content (AvgIpc) is 2.60. The van der Waals surface area contributed by atoms with Crippen molar-refractivity contribution in [3.05, 3.63) is 15.0 Å². The van der Waals surface area contributed by atoms with Crippen LogP contribution in [0.25, 0.3) is 0 Å². The highest BCUT2D eigenvalue weighted by Crippen LogP contribution is 2.23. The lowest BCUT2D eigenvalue weighted by Crippen LogP contribution is -2.34. The lowest BCUT2D eigenvalue weighted by Gasteiger charge is -2.14. The molecule has 1 aromatic rings. The second-order valence-electron chi connectivity index (χ2n) is 3.39. The van der Waals surface area contributed by atoms with E-state index in [0.29, 0.717) is 6.54 Å². The molecule has 0 aromatic carbocycles. The molecule has 0 saturated carbocycles. The van der Waals surface area contributed by atoms with Crippen molar-refractivity contribution in [3.63, 3.8) is 0 Å². The molecule has 15 heavy (non-hydrogen) atoms. The molecule has 0 aliphatic heterocycles. The number of rotatable bonds is 4. The molecular formula is C9H14BrN3OS. The lowest BCUT2D eigenvalue weighted by molar-refractivity contribution is -0.127. The fourth-order valence-electron chi connectivity index (χ4n) is 0.953. The summed E-state index contributed by atoms with van der Waals surface area (Å²) in [7, 11) is 3.49. The zero-order valence-electron chi connectivity index (χ0n) is 8.95. The van der Waals surface area contributed by atoms with E-state index < -0.39 is 0 Å². The molecule has 1 amide bonds. The molecule has 84 valence electrons. The van der Waals surface area contributed by atoms with E-state index in [2.05, 4.69) is 26.2 Å². The fourth-order valence-corrected chi connectivity index (χ4v) is 2.22. The van der Waals surface area contributed by atoms with Gasteiger partial charge in [-0.2, -0.15) is 0 Å². The number of hydrogen-bond donors (Lipinski definition) is 1. The summed E-state index contributed by atoms with van der Waals surface area (Å²) in [5.41, 5.74) is 0. The van der Waals surface area contributed by atoms with E-state index in [1.54, 1.807) is 36.5 Å². The third kappa shape index (κ3) is 3.89. The summed E-state index contributed by atoms with van der Waals surface area (Å²) in [5, 5.41) is 4.11. The smallest absolute Gasteiger partial charge is 0.236 e. The van der Waals surface area contributed by atoms with Crippen LogP contribution in [-0.4, -0.2) is 36.4 Å². The Balaban J connectivity index is 2.43. The largest absolute Gasteiger partial charge is 0.348 e. The minimum Gasteiger partial charge on any atom is -0.348 e. The third-order valence-electron chi connectivity index (χ3n) is 1.92. The van der Waals surface area contributed by atoms with Crippen LogP contribution in [0, 0.1) is 0 Å². The maximum absolute atomic E-state index is 11.3. The SMILES string of the molecule is CC(NCC(=O)N(C)C)c1ncc(Br)s1. The third-order valence-corrected chi connectivity index (χ3v) is 3.58. The standard InChI is InChI=1S/C9H14BrN3OS/c1-6(9-12-4-7(10)15-9)11-5-8(14)13(2)3/h4,6,11H,5H2,1-3H3. The summed E-state index contributed by atoms with van der Waals surface area (Å²) >= 11 is 4.93. The van der Waals surface area contributed by atoms with Gasteiger partial charge in [0.05, 0.1) is 22.6 Å². The summed E-state index contributed by atoms with van der Waals surface area (Å²) in [5.74, 6) is 0.0671. The molecule has 1 atom stereocenters. The minimum atomic E-state index is 0.0671. The summed E-state index contributed by atoms with van der Waals surface area (Å²) in [4.78, 5) is 17.1. The van der Waals surface area contributed by atoms with Gasteiger partial charge >= 0.3 is 0 Å². The second kappa shape index (κ2) is 5.58. The molecule has 0 radical (unpaired) electrons. The Hall–Kier alpha value is -0.460. The summed E-state index contributed by atoms with van der Waals surface area (Å²) in [6, 6.07) is 0.102. The molecule has 0 saturated heterocycles. The van der Waals surface area contributed by atoms with Crippen molar-refractivity contribution in [2.45, 2.75) is 13.0 Å².